The van der Waals surface area contributed by atoms with Crippen molar-refractivity contribution < 1.29 is 0 Å². The highest BCUT2D eigenvalue weighted by atomic mass is 35.5. The van der Waals surface area contributed by atoms with Gasteiger partial charge < -0.3 is 5.73 Å². The summed E-state index contributed by atoms with van der Waals surface area (Å²) in [7, 11) is 0. The van der Waals surface area contributed by atoms with Gasteiger partial charge in [-0.1, -0.05) is 78.3 Å². The van der Waals surface area contributed by atoms with Crippen molar-refractivity contribution in [3.8, 4) is 11.1 Å². The van der Waals surface area contributed by atoms with Crippen molar-refractivity contribution in [3.05, 3.63) is 95.5 Å². The molecule has 0 aliphatic heterocycles. The van der Waals surface area contributed by atoms with Crippen LogP contribution in [-0.4, -0.2) is 0 Å². The second-order valence-corrected chi connectivity index (χ2v) is 7.28. The van der Waals surface area contributed by atoms with E-state index in [0.717, 1.165) is 16.0 Å². The number of hydrogen-bond acceptors (Lipinski definition) is 1. The Morgan fingerprint density at radius 2 is 1.22 bits per heavy atom. The van der Waals surface area contributed by atoms with Gasteiger partial charge in [-0.3, -0.25) is 0 Å². The fraction of sp³-hybridized carbons (Fsp3) is 0.0400. The maximum atomic E-state index is 6.62. The van der Waals surface area contributed by atoms with Crippen LogP contribution in [0.5, 0.6) is 0 Å². The van der Waals surface area contributed by atoms with Gasteiger partial charge in [0.25, 0.3) is 0 Å². The van der Waals surface area contributed by atoms with Gasteiger partial charge in [-0.15, -0.1) is 0 Å². The molecule has 0 saturated carbocycles. The van der Waals surface area contributed by atoms with E-state index in [2.05, 4.69) is 78.9 Å². The normalized spacial score (nSPS) is 11.5. The molecule has 0 radical (unpaired) electrons. The van der Waals surface area contributed by atoms with E-state index in [9.17, 15) is 0 Å². The van der Waals surface area contributed by atoms with Gasteiger partial charge in [0.15, 0.2) is 0 Å². The molecule has 0 aliphatic rings. The topological polar surface area (TPSA) is 26.0 Å². The molecule has 5 rings (SSSR count). The van der Waals surface area contributed by atoms with Crippen LogP contribution in [0.1, 0.15) is 5.56 Å². The predicted octanol–water partition coefficient (Wildman–Crippen LogP) is 6.93. The lowest BCUT2D eigenvalue weighted by molar-refractivity contribution is 1.07. The number of benzene rings is 5. The molecule has 2 N–H and O–H groups in total. The highest BCUT2D eigenvalue weighted by molar-refractivity contribution is 6.38. The third kappa shape index (κ3) is 2.59. The molecule has 0 bridgehead atoms. The minimum absolute atomic E-state index is 0.540. The van der Waals surface area contributed by atoms with E-state index in [1.54, 1.807) is 0 Å². The first-order valence-corrected chi connectivity index (χ1v) is 9.46. The Hall–Kier alpha value is -2.87. The number of hydrogen-bond donors (Lipinski definition) is 1. The number of fused-ring (bicyclic) bond motifs is 5. The van der Waals surface area contributed by atoms with Crippen molar-refractivity contribution >= 4 is 43.9 Å². The largest absolute Gasteiger partial charge is 0.326 e. The van der Waals surface area contributed by atoms with Gasteiger partial charge in [0.1, 0.15) is 0 Å². The van der Waals surface area contributed by atoms with Crippen LogP contribution in [0, 0.1) is 0 Å². The summed E-state index contributed by atoms with van der Waals surface area (Å²) in [6.07, 6.45) is 0. The van der Waals surface area contributed by atoms with Crippen molar-refractivity contribution in [1.29, 1.82) is 0 Å². The molecule has 0 amide bonds. The molecule has 0 aromatic heterocycles. The lowest BCUT2D eigenvalue weighted by Crippen LogP contribution is -1.96. The molecule has 0 unspecified atom stereocenters. The van der Waals surface area contributed by atoms with Crippen molar-refractivity contribution in [2.45, 2.75) is 6.54 Å². The summed E-state index contributed by atoms with van der Waals surface area (Å²) in [6.45, 7) is 0.540. The van der Waals surface area contributed by atoms with E-state index >= 15 is 0 Å². The van der Waals surface area contributed by atoms with Crippen LogP contribution in [0.25, 0.3) is 43.4 Å². The molecule has 0 atom stereocenters. The smallest absolute Gasteiger partial charge is 0.0491 e. The summed E-state index contributed by atoms with van der Waals surface area (Å²) in [4.78, 5) is 0. The van der Waals surface area contributed by atoms with Gasteiger partial charge in [0.05, 0.1) is 0 Å². The Kier molecular flexibility index (Phi) is 3.86. The standard InChI is InChI=1S/C25H18ClN/c26-25-14-24-19-9-2-1-8-18(19)22(17-7-5-6-16(12-17)15-27)13-23(24)20-10-3-4-11-21(20)25/h1-14H,15,27H2. The van der Waals surface area contributed by atoms with Crippen molar-refractivity contribution in [3.63, 3.8) is 0 Å². The van der Waals surface area contributed by atoms with Crippen LogP contribution >= 0.6 is 11.6 Å². The van der Waals surface area contributed by atoms with Gasteiger partial charge >= 0.3 is 0 Å². The molecule has 0 aliphatic carbocycles. The molecule has 130 valence electrons. The van der Waals surface area contributed by atoms with E-state index in [1.807, 2.05) is 6.07 Å². The van der Waals surface area contributed by atoms with Gasteiger partial charge in [0, 0.05) is 17.0 Å². The van der Waals surface area contributed by atoms with Crippen LogP contribution in [0.4, 0.5) is 0 Å². The molecule has 0 saturated heterocycles. The second-order valence-electron chi connectivity index (χ2n) is 6.87. The lowest BCUT2D eigenvalue weighted by Gasteiger charge is -2.14. The maximum absolute atomic E-state index is 6.62. The quantitative estimate of drug-likeness (QED) is 0.336. The zero-order valence-corrected chi connectivity index (χ0v) is 15.5. The molecule has 0 spiro atoms. The van der Waals surface area contributed by atoms with Gasteiger partial charge in [0.2, 0.25) is 0 Å². The van der Waals surface area contributed by atoms with Crippen molar-refractivity contribution in [1.82, 2.24) is 0 Å². The maximum Gasteiger partial charge on any atom is 0.0491 e. The molecular formula is C25H18ClN. The van der Waals surface area contributed by atoms with E-state index < -0.39 is 0 Å². The van der Waals surface area contributed by atoms with E-state index in [0.29, 0.717) is 6.54 Å². The zero-order valence-electron chi connectivity index (χ0n) is 14.7. The van der Waals surface area contributed by atoms with Crippen LogP contribution in [-0.2, 0) is 6.54 Å². The fourth-order valence-electron chi connectivity index (χ4n) is 4.01. The third-order valence-corrected chi connectivity index (χ3v) is 5.62. The Balaban J connectivity index is 1.98. The highest BCUT2D eigenvalue weighted by Crippen LogP contribution is 2.40. The molecule has 27 heavy (non-hydrogen) atoms. The molecular weight excluding hydrogens is 350 g/mol. The fourth-order valence-corrected chi connectivity index (χ4v) is 4.29. The number of nitrogens with two attached hydrogens (primary N) is 1. The lowest BCUT2D eigenvalue weighted by atomic mass is 9.90. The summed E-state index contributed by atoms with van der Waals surface area (Å²) < 4.78 is 0. The Morgan fingerprint density at radius 1 is 0.593 bits per heavy atom. The molecule has 5 aromatic rings. The predicted molar refractivity (Wildman–Crippen MR) is 117 cm³/mol. The Bertz CT molecular complexity index is 1320. The first kappa shape index (κ1) is 16.3. The summed E-state index contributed by atoms with van der Waals surface area (Å²) in [5.74, 6) is 0. The minimum Gasteiger partial charge on any atom is -0.326 e. The monoisotopic (exact) mass is 367 g/mol. The summed E-state index contributed by atoms with van der Waals surface area (Å²) in [5, 5.41) is 7.92. The summed E-state index contributed by atoms with van der Waals surface area (Å²) in [5.41, 5.74) is 9.43. The summed E-state index contributed by atoms with van der Waals surface area (Å²) in [6, 6.07) is 29.8. The van der Waals surface area contributed by atoms with E-state index in [4.69, 9.17) is 17.3 Å². The van der Waals surface area contributed by atoms with Gasteiger partial charge in [-0.25, -0.2) is 0 Å². The molecule has 0 heterocycles. The van der Waals surface area contributed by atoms with Crippen LogP contribution in [0.3, 0.4) is 0 Å². The minimum atomic E-state index is 0.540. The molecule has 5 aromatic carbocycles. The van der Waals surface area contributed by atoms with Crippen LogP contribution < -0.4 is 5.73 Å². The molecule has 0 fully saturated rings. The molecule has 2 heteroatoms. The van der Waals surface area contributed by atoms with Crippen LogP contribution in [0.15, 0.2) is 84.9 Å². The average Bonchev–Trinajstić information content (AvgIpc) is 2.74. The van der Waals surface area contributed by atoms with Crippen molar-refractivity contribution in [2.24, 2.45) is 5.73 Å². The third-order valence-electron chi connectivity index (χ3n) is 5.31. The SMILES string of the molecule is NCc1cccc(-c2cc3c4ccccc4c(Cl)cc3c3ccccc23)c1. The first-order chi connectivity index (χ1) is 13.3. The first-order valence-electron chi connectivity index (χ1n) is 9.08. The van der Waals surface area contributed by atoms with Crippen molar-refractivity contribution in [2.75, 3.05) is 0 Å². The Labute approximate surface area is 163 Å². The van der Waals surface area contributed by atoms with E-state index in [-0.39, 0.29) is 0 Å². The molecule has 1 nitrogen and oxygen atoms in total. The average molecular weight is 368 g/mol. The second kappa shape index (κ2) is 6.38. The van der Waals surface area contributed by atoms with Gasteiger partial charge in [-0.05, 0) is 61.8 Å². The zero-order chi connectivity index (χ0) is 18.4. The van der Waals surface area contributed by atoms with Gasteiger partial charge in [-0.2, -0.15) is 0 Å². The van der Waals surface area contributed by atoms with E-state index in [1.165, 1.54) is 38.1 Å². The van der Waals surface area contributed by atoms with Crippen LogP contribution in [0.2, 0.25) is 5.02 Å². The number of halogens is 1. The number of rotatable bonds is 2. The Morgan fingerprint density at radius 3 is 1.96 bits per heavy atom. The summed E-state index contributed by atoms with van der Waals surface area (Å²) >= 11 is 6.62. The highest BCUT2D eigenvalue weighted by Gasteiger charge is 2.12.